The van der Waals surface area contributed by atoms with E-state index in [2.05, 4.69) is 24.1 Å². The molecule has 6 N–H and O–H groups in total. The van der Waals surface area contributed by atoms with E-state index in [1.807, 2.05) is 41.1 Å². The monoisotopic (exact) mass is 664 g/mol. The first-order valence-electron chi connectivity index (χ1n) is 16.7. The molecule has 11 nitrogen and oxygen atoms in total. The van der Waals surface area contributed by atoms with E-state index in [0.29, 0.717) is 32.2 Å². The number of rotatable bonds is 22. The van der Waals surface area contributed by atoms with Crippen LogP contribution >= 0.6 is 7.37 Å². The number of hydrogen-bond acceptors (Lipinski definition) is 6. The number of nitrogens with two attached hydrogens (primary N) is 1. The molecule has 1 heterocycles. The van der Waals surface area contributed by atoms with Crippen molar-refractivity contribution in [2.75, 3.05) is 12.7 Å². The second-order valence-electron chi connectivity index (χ2n) is 12.3. The first kappa shape index (κ1) is 41.0. The number of hydrogen-bond donors (Lipinski definition) is 5. The molecule has 0 aliphatic heterocycles. The number of carboxylic acid groups (broad SMARTS) is 2. The standard InChI is InChI=1S/C22H36NO5P.C12H21N3O2/c1-4-5-6-10-13-19(22(25)26)16-29(27,28)21(17(2)3)23-20(24)15-14-18-11-8-7-9-12-18;1-2-6-15-8-11(14-9-15)7-10(12(16)17)4-3-5-13/h7-9,11-12,17,19,21H,4-6,10,13-16H2,1-3H3,(H,23,24)(H,25,26)(H,27,28);8-10H,2-7,13H2,1H3,(H,16,17)/t19-,21-;10-/m10/s1. The maximum Gasteiger partial charge on any atom is 0.307 e. The lowest BCUT2D eigenvalue weighted by Gasteiger charge is -2.29. The average Bonchev–Trinajstić information content (AvgIpc) is 3.45. The molecular formula is C34H57N4O7P. The van der Waals surface area contributed by atoms with Crippen molar-refractivity contribution >= 4 is 25.2 Å². The number of aliphatic carboxylic acids is 2. The van der Waals surface area contributed by atoms with Gasteiger partial charge in [0.2, 0.25) is 13.3 Å². The van der Waals surface area contributed by atoms with Gasteiger partial charge in [-0.3, -0.25) is 18.9 Å². The summed E-state index contributed by atoms with van der Waals surface area (Å²) in [7, 11) is -3.89. The number of carbonyl (C=O) groups excluding carboxylic acids is 1. The summed E-state index contributed by atoms with van der Waals surface area (Å²) in [6, 6.07) is 9.57. The van der Waals surface area contributed by atoms with Crippen molar-refractivity contribution in [1.82, 2.24) is 14.9 Å². The minimum atomic E-state index is -3.89. The van der Waals surface area contributed by atoms with Crippen molar-refractivity contribution in [1.29, 1.82) is 0 Å². The van der Waals surface area contributed by atoms with E-state index in [1.54, 1.807) is 20.2 Å². The van der Waals surface area contributed by atoms with Crippen LogP contribution in [0.2, 0.25) is 0 Å². The molecule has 2 aromatic rings. The Morgan fingerprint density at radius 2 is 1.61 bits per heavy atom. The topological polar surface area (TPSA) is 185 Å². The summed E-state index contributed by atoms with van der Waals surface area (Å²) < 4.78 is 15.0. The minimum absolute atomic E-state index is 0.215. The summed E-state index contributed by atoms with van der Waals surface area (Å²) in [5.41, 5.74) is 7.27. The Morgan fingerprint density at radius 3 is 2.17 bits per heavy atom. The van der Waals surface area contributed by atoms with Gasteiger partial charge in [0.25, 0.3) is 0 Å². The molecule has 260 valence electrons. The summed E-state index contributed by atoms with van der Waals surface area (Å²) in [5, 5.41) is 21.3. The van der Waals surface area contributed by atoms with E-state index in [0.717, 1.165) is 56.3 Å². The summed E-state index contributed by atoms with van der Waals surface area (Å²) >= 11 is 0. The van der Waals surface area contributed by atoms with Crippen molar-refractivity contribution < 1.29 is 34.1 Å². The van der Waals surface area contributed by atoms with Crippen LogP contribution in [0.3, 0.4) is 0 Å². The number of carboxylic acids is 2. The van der Waals surface area contributed by atoms with Crippen LogP contribution in [0.1, 0.15) is 96.7 Å². The quantitative estimate of drug-likeness (QED) is 0.0751. The number of carbonyl (C=O) groups is 3. The van der Waals surface area contributed by atoms with Crippen molar-refractivity contribution in [3.63, 3.8) is 0 Å². The molecule has 46 heavy (non-hydrogen) atoms. The van der Waals surface area contributed by atoms with Gasteiger partial charge < -0.3 is 30.7 Å². The summed E-state index contributed by atoms with van der Waals surface area (Å²) in [4.78, 5) is 50.0. The fourth-order valence-electron chi connectivity index (χ4n) is 5.23. The number of aryl methyl sites for hydroxylation is 2. The highest BCUT2D eigenvalue weighted by atomic mass is 31.2. The van der Waals surface area contributed by atoms with Crippen LogP contribution in [0.4, 0.5) is 0 Å². The fourth-order valence-corrected chi connectivity index (χ4v) is 7.71. The molecule has 0 aliphatic carbocycles. The Labute approximate surface area is 274 Å². The van der Waals surface area contributed by atoms with Gasteiger partial charge in [0, 0.05) is 31.7 Å². The average molecular weight is 665 g/mol. The fraction of sp³-hybridized carbons (Fsp3) is 0.647. The number of amides is 1. The van der Waals surface area contributed by atoms with E-state index in [1.165, 1.54) is 0 Å². The molecule has 0 saturated heterocycles. The Kier molecular flexibility index (Phi) is 20.1. The molecule has 0 bridgehead atoms. The molecule has 0 spiro atoms. The van der Waals surface area contributed by atoms with Gasteiger partial charge in [0.1, 0.15) is 5.78 Å². The lowest BCUT2D eigenvalue weighted by molar-refractivity contribution is -0.142. The number of unbranched alkanes of at least 4 members (excludes halogenated alkanes) is 3. The third kappa shape index (κ3) is 16.5. The summed E-state index contributed by atoms with van der Waals surface area (Å²) in [6.07, 6.45) is 11.1. The summed E-state index contributed by atoms with van der Waals surface area (Å²) in [5.74, 6) is -4.56. The molecule has 1 aromatic carbocycles. The summed E-state index contributed by atoms with van der Waals surface area (Å²) in [6.45, 7) is 9.16. The second kappa shape index (κ2) is 22.5. The minimum Gasteiger partial charge on any atom is -0.481 e. The molecule has 1 unspecified atom stereocenters. The van der Waals surface area contributed by atoms with E-state index < -0.39 is 31.0 Å². The predicted octanol–water partition coefficient (Wildman–Crippen LogP) is 5.93. The van der Waals surface area contributed by atoms with Gasteiger partial charge in [0.15, 0.2) is 0 Å². The van der Waals surface area contributed by atoms with Crippen LogP contribution in [0.5, 0.6) is 0 Å². The lowest BCUT2D eigenvalue weighted by Crippen LogP contribution is -2.40. The molecule has 1 amide bonds. The Morgan fingerprint density at radius 1 is 0.957 bits per heavy atom. The molecule has 2 rings (SSSR count). The highest BCUT2D eigenvalue weighted by molar-refractivity contribution is 7.58. The van der Waals surface area contributed by atoms with Crippen molar-refractivity contribution in [2.24, 2.45) is 23.5 Å². The molecule has 12 heteroatoms. The molecule has 0 aliphatic rings. The molecule has 1 aromatic heterocycles. The number of benzene rings is 1. The van der Waals surface area contributed by atoms with E-state index in [4.69, 9.17) is 10.8 Å². The zero-order chi connectivity index (χ0) is 34.5. The van der Waals surface area contributed by atoms with Crippen LogP contribution in [-0.4, -0.2) is 61.0 Å². The molecule has 0 radical (unpaired) electrons. The van der Waals surface area contributed by atoms with E-state index in [9.17, 15) is 28.9 Å². The van der Waals surface area contributed by atoms with E-state index in [-0.39, 0.29) is 30.3 Å². The smallest absolute Gasteiger partial charge is 0.307 e. The molecular weight excluding hydrogens is 607 g/mol. The van der Waals surface area contributed by atoms with E-state index >= 15 is 0 Å². The Hall–Kier alpha value is -3.01. The van der Waals surface area contributed by atoms with Crippen molar-refractivity contribution in [2.45, 2.75) is 111 Å². The largest absolute Gasteiger partial charge is 0.481 e. The lowest BCUT2D eigenvalue weighted by atomic mass is 9.98. The number of imidazole rings is 1. The van der Waals surface area contributed by atoms with Gasteiger partial charge in [-0.15, -0.1) is 0 Å². The van der Waals surface area contributed by atoms with Gasteiger partial charge in [-0.2, -0.15) is 0 Å². The van der Waals surface area contributed by atoms with Crippen LogP contribution in [0.25, 0.3) is 0 Å². The third-order valence-electron chi connectivity index (χ3n) is 7.83. The van der Waals surface area contributed by atoms with Gasteiger partial charge >= 0.3 is 11.9 Å². The van der Waals surface area contributed by atoms with Crippen molar-refractivity contribution in [3.05, 3.63) is 54.1 Å². The SMILES string of the molecule is CCCCCC[C@H](CP(=O)(O)[C@@H](NC(=O)CCc1ccccc1)C(C)C)C(=O)O.CCCn1cnc(C[C@H](CCCN)C(=O)O)c1. The van der Waals surface area contributed by atoms with Crippen LogP contribution in [0.15, 0.2) is 42.9 Å². The first-order chi connectivity index (χ1) is 21.8. The van der Waals surface area contributed by atoms with Gasteiger partial charge in [-0.1, -0.05) is 83.7 Å². The molecule has 0 saturated carbocycles. The highest BCUT2D eigenvalue weighted by Crippen LogP contribution is 2.50. The molecule has 4 atom stereocenters. The van der Waals surface area contributed by atoms with Crippen molar-refractivity contribution in [3.8, 4) is 0 Å². The van der Waals surface area contributed by atoms with Gasteiger partial charge in [0.05, 0.1) is 23.9 Å². The maximum atomic E-state index is 13.0. The normalized spacial score (nSPS) is 14.4. The van der Waals surface area contributed by atoms with Gasteiger partial charge in [-0.05, 0) is 50.1 Å². The van der Waals surface area contributed by atoms with Gasteiger partial charge in [-0.25, -0.2) is 4.98 Å². The number of nitrogens with zero attached hydrogens (tertiary/aromatic N) is 2. The molecule has 0 fully saturated rings. The third-order valence-corrected chi connectivity index (χ3v) is 10.4. The Balaban J connectivity index is 0.000000527. The van der Waals surface area contributed by atoms with Crippen LogP contribution in [-0.2, 0) is 38.3 Å². The highest BCUT2D eigenvalue weighted by Gasteiger charge is 2.38. The Bertz CT molecular complexity index is 1210. The number of nitrogens with one attached hydrogen (secondary N) is 1. The first-order valence-corrected chi connectivity index (χ1v) is 18.6. The number of aromatic nitrogens is 2. The van der Waals surface area contributed by atoms with Crippen LogP contribution < -0.4 is 11.1 Å². The predicted molar refractivity (Wildman–Crippen MR) is 182 cm³/mol. The second-order valence-corrected chi connectivity index (χ2v) is 14.8. The van der Waals surface area contributed by atoms with Crippen LogP contribution in [0, 0.1) is 17.8 Å². The maximum absolute atomic E-state index is 13.0. The zero-order valence-electron chi connectivity index (χ0n) is 28.1. The zero-order valence-corrected chi connectivity index (χ0v) is 29.0.